The van der Waals surface area contributed by atoms with Crippen LogP contribution in [-0.4, -0.2) is 37.8 Å². The van der Waals surface area contributed by atoms with Crippen LogP contribution in [0.2, 0.25) is 0 Å². The molecule has 0 unspecified atom stereocenters. The molecule has 0 spiro atoms. The highest BCUT2D eigenvalue weighted by Crippen LogP contribution is 2.44. The lowest BCUT2D eigenvalue weighted by atomic mass is 9.79. The van der Waals surface area contributed by atoms with Gasteiger partial charge in [0.25, 0.3) is 5.69 Å². The van der Waals surface area contributed by atoms with Gasteiger partial charge in [0.05, 0.1) is 33.4 Å². The van der Waals surface area contributed by atoms with Crippen LogP contribution in [0.3, 0.4) is 0 Å². The number of dihydropyridines is 1. The van der Waals surface area contributed by atoms with Crippen LogP contribution in [0.4, 0.5) is 5.69 Å². The normalized spacial score (nSPS) is 14.5. The van der Waals surface area contributed by atoms with Crippen molar-refractivity contribution in [1.82, 2.24) is 15.1 Å². The number of nitro groups is 1. The van der Waals surface area contributed by atoms with Gasteiger partial charge < -0.3 is 14.8 Å². The van der Waals surface area contributed by atoms with E-state index in [1.54, 1.807) is 78.4 Å². The molecule has 0 aliphatic carbocycles. The van der Waals surface area contributed by atoms with E-state index in [0.717, 1.165) is 5.69 Å². The summed E-state index contributed by atoms with van der Waals surface area (Å²) in [5.74, 6) is -2.10. The first-order valence-electron chi connectivity index (χ1n) is 13.6. The van der Waals surface area contributed by atoms with Crippen LogP contribution >= 0.6 is 0 Å². The number of carbonyl (C=O) groups is 2. The summed E-state index contributed by atoms with van der Waals surface area (Å²) in [6.45, 7) is 14.2. The van der Waals surface area contributed by atoms with E-state index in [9.17, 15) is 19.7 Å². The number of allylic oxidation sites excluding steroid dienone is 2. The number of non-ortho nitro benzene ring substituents is 1. The predicted molar refractivity (Wildman–Crippen MR) is 159 cm³/mol. The highest BCUT2D eigenvalue weighted by molar-refractivity contribution is 6.00. The van der Waals surface area contributed by atoms with Crippen LogP contribution in [0.5, 0.6) is 0 Å². The van der Waals surface area contributed by atoms with Gasteiger partial charge in [-0.25, -0.2) is 14.3 Å². The second kappa shape index (κ2) is 11.3. The molecule has 1 aromatic heterocycles. The number of nitro benzene ring substituents is 1. The molecule has 0 radical (unpaired) electrons. The highest BCUT2D eigenvalue weighted by Gasteiger charge is 2.42. The lowest BCUT2D eigenvalue weighted by molar-refractivity contribution is -0.384. The topological polar surface area (TPSA) is 126 Å². The summed E-state index contributed by atoms with van der Waals surface area (Å²) in [5.41, 5.74) is 2.19. The predicted octanol–water partition coefficient (Wildman–Crippen LogP) is 6.37. The van der Waals surface area contributed by atoms with Crippen molar-refractivity contribution in [3.63, 3.8) is 0 Å². The molecule has 0 atom stereocenters. The van der Waals surface area contributed by atoms with Crippen molar-refractivity contribution in [2.75, 3.05) is 0 Å². The number of hydrogen-bond acceptors (Lipinski definition) is 8. The van der Waals surface area contributed by atoms with Gasteiger partial charge in [-0.3, -0.25) is 10.1 Å². The summed E-state index contributed by atoms with van der Waals surface area (Å²) < 4.78 is 13.3. The molecule has 0 saturated carbocycles. The Morgan fingerprint density at radius 3 is 1.81 bits per heavy atom. The van der Waals surface area contributed by atoms with E-state index in [0.29, 0.717) is 28.2 Å². The van der Waals surface area contributed by atoms with Crippen molar-refractivity contribution in [1.29, 1.82) is 0 Å². The molecule has 1 aliphatic heterocycles. The third-order valence-electron chi connectivity index (χ3n) is 6.42. The minimum absolute atomic E-state index is 0.0694. The molecule has 1 aliphatic rings. The molecule has 10 heteroatoms. The van der Waals surface area contributed by atoms with Crippen molar-refractivity contribution in [3.8, 4) is 16.9 Å². The van der Waals surface area contributed by atoms with Crippen molar-refractivity contribution in [2.24, 2.45) is 0 Å². The molecule has 3 aromatic rings. The molecule has 10 nitrogen and oxygen atoms in total. The van der Waals surface area contributed by atoms with Gasteiger partial charge in [-0.05, 0) is 79.7 Å². The average molecular weight is 573 g/mol. The Morgan fingerprint density at radius 2 is 1.36 bits per heavy atom. The summed E-state index contributed by atoms with van der Waals surface area (Å²) in [7, 11) is 0. The highest BCUT2D eigenvalue weighted by atomic mass is 16.6. The summed E-state index contributed by atoms with van der Waals surface area (Å²) >= 11 is 0. The Morgan fingerprint density at radius 1 is 0.857 bits per heavy atom. The van der Waals surface area contributed by atoms with Gasteiger partial charge in [0.1, 0.15) is 11.2 Å². The number of esters is 2. The van der Waals surface area contributed by atoms with E-state index in [2.05, 4.69) is 5.32 Å². The number of ether oxygens (including phenoxy) is 2. The summed E-state index contributed by atoms with van der Waals surface area (Å²) in [5, 5.41) is 19.4. The standard InChI is InChI=1S/C32H36N4O6/c1-19-25(29(37)41-31(3,4)5)27(26(20(2)33-19)30(38)42-32(6,7)8)24-18-35(22-12-10-9-11-13-22)34-28(24)21-14-16-23(17-15-21)36(39)40/h9-18,27,33H,1-8H3. The SMILES string of the molecule is CC1=C(C(=O)OC(C)(C)C)C(c2cn(-c3ccccc3)nc2-c2ccc([N+](=O)[O-])cc2)C(C(=O)OC(C)(C)C)=C(C)N1. The molecule has 1 N–H and O–H groups in total. The third-order valence-corrected chi connectivity index (χ3v) is 6.42. The van der Waals surface area contributed by atoms with Crippen molar-refractivity contribution >= 4 is 17.6 Å². The van der Waals surface area contributed by atoms with Gasteiger partial charge in [0.2, 0.25) is 0 Å². The molecule has 0 amide bonds. The zero-order valence-electron chi connectivity index (χ0n) is 25.1. The molecule has 0 saturated heterocycles. The van der Waals surface area contributed by atoms with Crippen molar-refractivity contribution < 1.29 is 24.0 Å². The van der Waals surface area contributed by atoms with Gasteiger partial charge in [-0.15, -0.1) is 0 Å². The van der Waals surface area contributed by atoms with Gasteiger partial charge in [-0.1, -0.05) is 18.2 Å². The number of aromatic nitrogens is 2. The lowest BCUT2D eigenvalue weighted by Gasteiger charge is -2.33. The first kappa shape index (κ1) is 30.2. The zero-order valence-corrected chi connectivity index (χ0v) is 25.1. The molecular weight excluding hydrogens is 536 g/mol. The van der Waals surface area contributed by atoms with Crippen LogP contribution < -0.4 is 5.32 Å². The number of nitrogens with one attached hydrogen (secondary N) is 1. The quantitative estimate of drug-likeness (QED) is 0.205. The Labute approximate surface area is 245 Å². The number of hydrogen-bond donors (Lipinski definition) is 1. The number of carbonyl (C=O) groups excluding carboxylic acids is 2. The lowest BCUT2D eigenvalue weighted by Crippen LogP contribution is -2.36. The van der Waals surface area contributed by atoms with Crippen LogP contribution in [0.25, 0.3) is 16.9 Å². The first-order valence-corrected chi connectivity index (χ1v) is 13.6. The molecule has 0 fully saturated rings. The van der Waals surface area contributed by atoms with Gasteiger partial charge in [-0.2, -0.15) is 5.10 Å². The Hall–Kier alpha value is -4.73. The fraction of sp³-hybridized carbons (Fsp3) is 0.344. The molecule has 2 aromatic carbocycles. The first-order chi connectivity index (χ1) is 19.6. The maximum absolute atomic E-state index is 13.8. The third kappa shape index (κ3) is 6.59. The molecule has 4 rings (SSSR count). The van der Waals surface area contributed by atoms with E-state index < -0.39 is 34.0 Å². The maximum Gasteiger partial charge on any atom is 0.337 e. The van der Waals surface area contributed by atoms with Crippen LogP contribution in [0.15, 0.2) is 83.3 Å². The fourth-order valence-corrected chi connectivity index (χ4v) is 4.79. The van der Waals surface area contributed by atoms with Crippen LogP contribution in [0, 0.1) is 10.1 Å². The van der Waals surface area contributed by atoms with E-state index in [1.807, 2.05) is 30.3 Å². The van der Waals surface area contributed by atoms with E-state index in [4.69, 9.17) is 14.6 Å². The number of benzene rings is 2. The smallest absolute Gasteiger partial charge is 0.337 e. The molecule has 0 bridgehead atoms. The maximum atomic E-state index is 13.8. The number of rotatable bonds is 6. The van der Waals surface area contributed by atoms with Gasteiger partial charge >= 0.3 is 11.9 Å². The Bertz CT molecular complexity index is 1540. The van der Waals surface area contributed by atoms with E-state index in [-0.39, 0.29) is 16.8 Å². The van der Waals surface area contributed by atoms with Crippen molar-refractivity contribution in [3.05, 3.63) is 99.0 Å². The molecule has 42 heavy (non-hydrogen) atoms. The fourth-order valence-electron chi connectivity index (χ4n) is 4.79. The Kier molecular flexibility index (Phi) is 8.11. The number of para-hydroxylation sites is 1. The number of nitrogens with zero attached hydrogens (tertiary/aromatic N) is 3. The van der Waals surface area contributed by atoms with Crippen molar-refractivity contribution in [2.45, 2.75) is 72.5 Å². The van der Waals surface area contributed by atoms with E-state index >= 15 is 0 Å². The Balaban J connectivity index is 2.01. The van der Waals surface area contributed by atoms with Gasteiger partial charge in [0.15, 0.2) is 0 Å². The average Bonchev–Trinajstić information content (AvgIpc) is 3.32. The zero-order chi connectivity index (χ0) is 31.0. The second-order valence-corrected chi connectivity index (χ2v) is 12.2. The summed E-state index contributed by atoms with van der Waals surface area (Å²) in [6.07, 6.45) is 1.78. The minimum Gasteiger partial charge on any atom is -0.457 e. The minimum atomic E-state index is -0.918. The van der Waals surface area contributed by atoms with E-state index in [1.165, 1.54) is 12.1 Å². The monoisotopic (exact) mass is 572 g/mol. The largest absolute Gasteiger partial charge is 0.457 e. The second-order valence-electron chi connectivity index (χ2n) is 12.2. The summed E-state index contributed by atoms with van der Waals surface area (Å²) in [4.78, 5) is 38.5. The molecule has 2 heterocycles. The van der Waals surface area contributed by atoms with Gasteiger partial charge in [0, 0.05) is 40.9 Å². The molecule has 220 valence electrons. The summed E-state index contributed by atoms with van der Waals surface area (Å²) in [6, 6.07) is 15.4. The van der Waals surface area contributed by atoms with Crippen LogP contribution in [-0.2, 0) is 19.1 Å². The molecular formula is C32H36N4O6. The van der Waals surface area contributed by atoms with Crippen LogP contribution in [0.1, 0.15) is 66.9 Å².